The molecule has 0 aliphatic heterocycles. The van der Waals surface area contributed by atoms with Crippen molar-refractivity contribution in [1.82, 2.24) is 4.90 Å². The summed E-state index contributed by atoms with van der Waals surface area (Å²) in [6, 6.07) is -0.905. The molecule has 0 radical (unpaired) electrons. The van der Waals surface area contributed by atoms with Crippen LogP contribution >= 0.6 is 0 Å². The number of aliphatic hydroxyl groups excluding tert-OH is 2. The highest BCUT2D eigenvalue weighted by atomic mass is 16.3. The fourth-order valence-corrected chi connectivity index (χ4v) is 2.80. The van der Waals surface area contributed by atoms with E-state index in [1.165, 1.54) is 4.90 Å². The normalized spacial score (nSPS) is 20.8. The van der Waals surface area contributed by atoms with E-state index in [1.54, 1.807) is 13.8 Å². The van der Waals surface area contributed by atoms with E-state index >= 15 is 0 Å². The lowest BCUT2D eigenvalue weighted by atomic mass is 9.83. The number of aliphatic hydroxyl groups is 2. The molecule has 1 fully saturated rings. The van der Waals surface area contributed by atoms with Crippen molar-refractivity contribution in [3.8, 4) is 0 Å². The van der Waals surface area contributed by atoms with Crippen molar-refractivity contribution in [2.75, 3.05) is 13.2 Å². The van der Waals surface area contributed by atoms with Crippen LogP contribution in [0.3, 0.4) is 0 Å². The second kappa shape index (κ2) is 6.34. The van der Waals surface area contributed by atoms with Gasteiger partial charge in [0.1, 0.15) is 5.41 Å². The zero-order chi connectivity index (χ0) is 14.6. The molecule has 2 amide bonds. The van der Waals surface area contributed by atoms with Crippen molar-refractivity contribution in [1.29, 1.82) is 0 Å². The van der Waals surface area contributed by atoms with Crippen LogP contribution in [0.4, 0.5) is 0 Å². The molecule has 1 aliphatic carbocycles. The largest absolute Gasteiger partial charge is 0.394 e. The van der Waals surface area contributed by atoms with Crippen LogP contribution in [-0.4, -0.2) is 52.2 Å². The number of rotatable bonds is 6. The minimum absolute atomic E-state index is 0.217. The van der Waals surface area contributed by atoms with Gasteiger partial charge in [0, 0.05) is 0 Å². The van der Waals surface area contributed by atoms with Gasteiger partial charge in [-0.25, -0.2) is 0 Å². The molecule has 2 atom stereocenters. The number of primary amides is 1. The Morgan fingerprint density at radius 2 is 1.58 bits per heavy atom. The molecular weight excluding hydrogens is 248 g/mol. The van der Waals surface area contributed by atoms with Gasteiger partial charge in [-0.05, 0) is 26.7 Å². The molecule has 6 heteroatoms. The first-order valence-corrected chi connectivity index (χ1v) is 6.75. The lowest BCUT2D eigenvalue weighted by molar-refractivity contribution is -0.154. The topological polar surface area (TPSA) is 104 Å². The Morgan fingerprint density at radius 3 is 1.89 bits per heavy atom. The summed E-state index contributed by atoms with van der Waals surface area (Å²) < 4.78 is 0. The van der Waals surface area contributed by atoms with Crippen molar-refractivity contribution in [2.45, 2.75) is 51.6 Å². The maximum atomic E-state index is 12.7. The van der Waals surface area contributed by atoms with Crippen LogP contribution in [0, 0.1) is 5.41 Å². The van der Waals surface area contributed by atoms with Gasteiger partial charge in [0.2, 0.25) is 11.8 Å². The van der Waals surface area contributed by atoms with Crippen LogP contribution in [0.25, 0.3) is 0 Å². The van der Waals surface area contributed by atoms with Crippen molar-refractivity contribution in [2.24, 2.45) is 11.1 Å². The number of carbonyl (C=O) groups is 2. The quantitative estimate of drug-likeness (QED) is 0.573. The van der Waals surface area contributed by atoms with E-state index in [1.807, 2.05) is 0 Å². The van der Waals surface area contributed by atoms with Crippen molar-refractivity contribution >= 4 is 11.8 Å². The molecule has 0 unspecified atom stereocenters. The minimum atomic E-state index is -1.16. The molecule has 0 spiro atoms. The molecule has 1 rings (SSSR count). The molecule has 110 valence electrons. The van der Waals surface area contributed by atoms with Gasteiger partial charge in [-0.1, -0.05) is 12.8 Å². The summed E-state index contributed by atoms with van der Waals surface area (Å²) in [5, 5.41) is 18.5. The third-order valence-corrected chi connectivity index (χ3v) is 4.05. The third-order valence-electron chi connectivity index (χ3n) is 4.05. The molecule has 19 heavy (non-hydrogen) atoms. The summed E-state index contributed by atoms with van der Waals surface area (Å²) in [6.07, 6.45) is 2.50. The number of hydrogen-bond acceptors (Lipinski definition) is 4. The highest BCUT2D eigenvalue weighted by Gasteiger charge is 2.50. The van der Waals surface area contributed by atoms with Gasteiger partial charge in [-0.3, -0.25) is 9.59 Å². The van der Waals surface area contributed by atoms with Gasteiger partial charge in [-0.15, -0.1) is 0 Å². The van der Waals surface area contributed by atoms with Gasteiger partial charge < -0.3 is 20.8 Å². The summed E-state index contributed by atoms with van der Waals surface area (Å²) in [4.78, 5) is 25.9. The summed E-state index contributed by atoms with van der Waals surface area (Å²) in [5.74, 6) is -0.962. The monoisotopic (exact) mass is 272 g/mol. The third kappa shape index (κ3) is 2.90. The van der Waals surface area contributed by atoms with E-state index in [0.29, 0.717) is 12.8 Å². The van der Waals surface area contributed by atoms with E-state index in [-0.39, 0.29) is 19.1 Å². The number of hydrogen-bond donors (Lipinski definition) is 3. The van der Waals surface area contributed by atoms with E-state index < -0.39 is 23.4 Å². The fraction of sp³-hybridized carbons (Fsp3) is 0.846. The van der Waals surface area contributed by atoms with Gasteiger partial charge in [0.05, 0.1) is 25.3 Å². The molecule has 0 bridgehead atoms. The molecule has 6 nitrogen and oxygen atoms in total. The van der Waals surface area contributed by atoms with Crippen LogP contribution in [0.2, 0.25) is 0 Å². The second-order valence-corrected chi connectivity index (χ2v) is 5.43. The Hall–Kier alpha value is -1.14. The number of carbonyl (C=O) groups excluding carboxylic acids is 2. The van der Waals surface area contributed by atoms with Crippen molar-refractivity contribution in [3.05, 3.63) is 0 Å². The Kier molecular flexibility index (Phi) is 5.31. The average molecular weight is 272 g/mol. The molecule has 1 aliphatic rings. The molecular formula is C13H24N2O4. The molecule has 0 aromatic heterocycles. The fourth-order valence-electron chi connectivity index (χ4n) is 2.80. The van der Waals surface area contributed by atoms with Crippen LogP contribution < -0.4 is 5.73 Å². The molecule has 0 aromatic rings. The Morgan fingerprint density at radius 1 is 1.16 bits per heavy atom. The van der Waals surface area contributed by atoms with Gasteiger partial charge in [0.15, 0.2) is 0 Å². The lowest BCUT2D eigenvalue weighted by Crippen LogP contribution is -2.56. The Labute approximate surface area is 113 Å². The van der Waals surface area contributed by atoms with Crippen LogP contribution in [-0.2, 0) is 9.59 Å². The van der Waals surface area contributed by atoms with E-state index in [2.05, 4.69) is 0 Å². The van der Waals surface area contributed by atoms with Crippen molar-refractivity contribution in [3.63, 3.8) is 0 Å². The summed E-state index contributed by atoms with van der Waals surface area (Å²) >= 11 is 0. The highest BCUT2D eigenvalue weighted by Crippen LogP contribution is 2.40. The zero-order valence-electron chi connectivity index (χ0n) is 11.6. The van der Waals surface area contributed by atoms with E-state index in [4.69, 9.17) is 5.73 Å². The molecule has 0 heterocycles. The molecule has 0 aromatic carbocycles. The molecule has 1 saturated carbocycles. The second-order valence-electron chi connectivity index (χ2n) is 5.43. The highest BCUT2D eigenvalue weighted by molar-refractivity contribution is 6.04. The van der Waals surface area contributed by atoms with E-state index in [9.17, 15) is 19.8 Å². The SMILES string of the molecule is C[C@H](CO)N(C(=O)C1(C(N)=O)CCCC1)[C@H](C)CO. The van der Waals surface area contributed by atoms with Gasteiger partial charge in [-0.2, -0.15) is 0 Å². The predicted molar refractivity (Wildman–Crippen MR) is 70.0 cm³/mol. The van der Waals surface area contributed by atoms with Crippen LogP contribution in [0.5, 0.6) is 0 Å². The molecule has 0 saturated heterocycles. The van der Waals surface area contributed by atoms with Crippen molar-refractivity contribution < 1.29 is 19.8 Å². The maximum Gasteiger partial charge on any atom is 0.238 e. The number of amides is 2. The van der Waals surface area contributed by atoms with Gasteiger partial charge in [0.25, 0.3) is 0 Å². The Balaban J connectivity index is 3.07. The predicted octanol–water partition coefficient (Wildman–Crippen LogP) is -0.378. The first kappa shape index (κ1) is 15.9. The molecule has 4 N–H and O–H groups in total. The maximum absolute atomic E-state index is 12.7. The lowest BCUT2D eigenvalue weighted by Gasteiger charge is -2.38. The average Bonchev–Trinajstić information content (AvgIpc) is 2.88. The number of nitrogens with two attached hydrogens (primary N) is 1. The van der Waals surface area contributed by atoms with Gasteiger partial charge >= 0.3 is 0 Å². The minimum Gasteiger partial charge on any atom is -0.394 e. The van der Waals surface area contributed by atoms with Crippen LogP contribution in [0.15, 0.2) is 0 Å². The standard InChI is InChI=1S/C13H24N2O4/c1-9(7-16)15(10(2)8-17)12(19)13(11(14)18)5-3-4-6-13/h9-10,16-17H,3-8H2,1-2H3,(H2,14,18)/t9-,10-/m1/s1. The first-order chi connectivity index (χ1) is 8.90. The first-order valence-electron chi connectivity index (χ1n) is 6.75. The Bertz CT molecular complexity index is 330. The summed E-state index contributed by atoms with van der Waals surface area (Å²) in [7, 11) is 0. The van der Waals surface area contributed by atoms with E-state index in [0.717, 1.165) is 12.8 Å². The van der Waals surface area contributed by atoms with Crippen LogP contribution in [0.1, 0.15) is 39.5 Å². The zero-order valence-corrected chi connectivity index (χ0v) is 11.6. The number of nitrogens with zero attached hydrogens (tertiary/aromatic N) is 1. The summed E-state index contributed by atoms with van der Waals surface area (Å²) in [6.45, 7) is 2.94. The smallest absolute Gasteiger partial charge is 0.238 e. The summed E-state index contributed by atoms with van der Waals surface area (Å²) in [5.41, 5.74) is 4.28.